The summed E-state index contributed by atoms with van der Waals surface area (Å²) in [5.74, 6) is 0.402. The van der Waals surface area contributed by atoms with Crippen molar-refractivity contribution in [3.8, 4) is 0 Å². The Morgan fingerprint density at radius 2 is 2.09 bits per heavy atom. The number of benzene rings is 1. The van der Waals surface area contributed by atoms with Crippen LogP contribution >= 0.6 is 0 Å². The zero-order chi connectivity index (χ0) is 16.1. The molecule has 1 aromatic rings. The fourth-order valence-electron chi connectivity index (χ4n) is 2.94. The summed E-state index contributed by atoms with van der Waals surface area (Å²) in [6, 6.07) is 8.61. The molecule has 1 aliphatic carbocycles. The van der Waals surface area contributed by atoms with Crippen LogP contribution in [0.15, 0.2) is 24.3 Å². The molecule has 122 valence electrons. The molecule has 0 aliphatic heterocycles. The number of nitrogens with one attached hydrogen (secondary N) is 1. The van der Waals surface area contributed by atoms with Crippen molar-refractivity contribution in [1.82, 2.24) is 10.2 Å². The third kappa shape index (κ3) is 3.80. The SMILES string of the molecule is CC(C)C(C)NC(=O)N(CCCO)C1CCc2ccccc21. The molecule has 0 heterocycles. The van der Waals surface area contributed by atoms with Gasteiger partial charge in [0.15, 0.2) is 0 Å². The topological polar surface area (TPSA) is 52.6 Å². The highest BCUT2D eigenvalue weighted by atomic mass is 16.3. The first-order valence-corrected chi connectivity index (χ1v) is 8.30. The summed E-state index contributed by atoms with van der Waals surface area (Å²) in [6.07, 6.45) is 2.60. The number of carbonyl (C=O) groups is 1. The summed E-state index contributed by atoms with van der Waals surface area (Å²) >= 11 is 0. The second kappa shape index (κ2) is 7.63. The first kappa shape index (κ1) is 16.8. The van der Waals surface area contributed by atoms with Crippen LogP contribution in [0.5, 0.6) is 0 Å². The third-order valence-electron chi connectivity index (χ3n) is 4.65. The quantitative estimate of drug-likeness (QED) is 0.848. The van der Waals surface area contributed by atoms with E-state index >= 15 is 0 Å². The summed E-state index contributed by atoms with van der Waals surface area (Å²) in [4.78, 5) is 14.6. The predicted octanol–water partition coefficient (Wildman–Crippen LogP) is 3.11. The van der Waals surface area contributed by atoms with Crippen molar-refractivity contribution in [1.29, 1.82) is 0 Å². The molecule has 1 aliphatic rings. The average Bonchev–Trinajstić information content (AvgIpc) is 2.91. The lowest BCUT2D eigenvalue weighted by atomic mass is 10.1. The van der Waals surface area contributed by atoms with E-state index in [1.165, 1.54) is 11.1 Å². The van der Waals surface area contributed by atoms with Crippen molar-refractivity contribution in [3.63, 3.8) is 0 Å². The van der Waals surface area contributed by atoms with Crippen LogP contribution in [0.2, 0.25) is 0 Å². The summed E-state index contributed by atoms with van der Waals surface area (Å²) in [5, 5.41) is 12.2. The van der Waals surface area contributed by atoms with Gasteiger partial charge in [-0.15, -0.1) is 0 Å². The van der Waals surface area contributed by atoms with Gasteiger partial charge in [0.25, 0.3) is 0 Å². The molecule has 0 radical (unpaired) electrons. The number of aryl methyl sites for hydroxylation is 1. The Bertz CT molecular complexity index is 502. The summed E-state index contributed by atoms with van der Waals surface area (Å²) in [6.45, 7) is 6.95. The van der Waals surface area contributed by atoms with E-state index in [1.54, 1.807) is 0 Å². The summed E-state index contributed by atoms with van der Waals surface area (Å²) < 4.78 is 0. The van der Waals surface area contributed by atoms with E-state index in [4.69, 9.17) is 5.11 Å². The Labute approximate surface area is 133 Å². The lowest BCUT2D eigenvalue weighted by Gasteiger charge is -2.32. The Balaban J connectivity index is 2.14. The minimum absolute atomic E-state index is 0.0173. The van der Waals surface area contributed by atoms with Gasteiger partial charge in [0.05, 0.1) is 6.04 Å². The number of hydrogen-bond acceptors (Lipinski definition) is 2. The number of fused-ring (bicyclic) bond motifs is 1. The Kier molecular flexibility index (Phi) is 5.83. The molecule has 2 N–H and O–H groups in total. The minimum atomic E-state index is -0.0173. The normalized spacial score (nSPS) is 18.1. The maximum Gasteiger partial charge on any atom is 0.318 e. The molecule has 0 spiro atoms. The van der Waals surface area contributed by atoms with Crippen LogP contribution in [0, 0.1) is 5.92 Å². The van der Waals surface area contributed by atoms with Gasteiger partial charge in [-0.2, -0.15) is 0 Å². The van der Waals surface area contributed by atoms with Gasteiger partial charge in [-0.1, -0.05) is 38.1 Å². The number of carbonyl (C=O) groups excluding carboxylic acids is 1. The van der Waals surface area contributed by atoms with Crippen LogP contribution < -0.4 is 5.32 Å². The van der Waals surface area contributed by atoms with E-state index in [9.17, 15) is 4.79 Å². The van der Waals surface area contributed by atoms with Crippen molar-refractivity contribution in [2.24, 2.45) is 5.92 Å². The van der Waals surface area contributed by atoms with Gasteiger partial charge in [-0.25, -0.2) is 4.79 Å². The largest absolute Gasteiger partial charge is 0.396 e. The zero-order valence-electron chi connectivity index (χ0n) is 13.9. The van der Waals surface area contributed by atoms with Crippen LogP contribution in [0.1, 0.15) is 50.8 Å². The van der Waals surface area contributed by atoms with Gasteiger partial charge >= 0.3 is 6.03 Å². The predicted molar refractivity (Wildman–Crippen MR) is 88.7 cm³/mol. The smallest absolute Gasteiger partial charge is 0.318 e. The maximum atomic E-state index is 12.7. The van der Waals surface area contributed by atoms with Crippen molar-refractivity contribution in [3.05, 3.63) is 35.4 Å². The van der Waals surface area contributed by atoms with Crippen LogP contribution in [-0.2, 0) is 6.42 Å². The highest BCUT2D eigenvalue weighted by molar-refractivity contribution is 5.75. The third-order valence-corrected chi connectivity index (χ3v) is 4.65. The molecule has 4 heteroatoms. The van der Waals surface area contributed by atoms with Gasteiger partial charge < -0.3 is 15.3 Å². The molecule has 2 unspecified atom stereocenters. The van der Waals surface area contributed by atoms with Crippen molar-refractivity contribution < 1.29 is 9.90 Å². The first-order chi connectivity index (χ1) is 10.5. The molecule has 4 nitrogen and oxygen atoms in total. The summed E-state index contributed by atoms with van der Waals surface area (Å²) in [5.41, 5.74) is 2.60. The van der Waals surface area contributed by atoms with Crippen molar-refractivity contribution in [2.75, 3.05) is 13.2 Å². The van der Waals surface area contributed by atoms with Gasteiger partial charge in [0.2, 0.25) is 0 Å². The monoisotopic (exact) mass is 304 g/mol. The van der Waals surface area contributed by atoms with Gasteiger partial charge in [0, 0.05) is 19.2 Å². The second-order valence-corrected chi connectivity index (χ2v) is 6.51. The number of amides is 2. The van der Waals surface area contributed by atoms with E-state index in [0.29, 0.717) is 18.9 Å². The molecule has 0 bridgehead atoms. The lowest BCUT2D eigenvalue weighted by molar-refractivity contribution is 0.160. The van der Waals surface area contributed by atoms with Gasteiger partial charge in [-0.3, -0.25) is 0 Å². The Hall–Kier alpha value is -1.55. The van der Waals surface area contributed by atoms with E-state index in [1.807, 2.05) is 17.9 Å². The van der Waals surface area contributed by atoms with E-state index < -0.39 is 0 Å². The molecule has 0 saturated heterocycles. The minimum Gasteiger partial charge on any atom is -0.396 e. The Morgan fingerprint density at radius 3 is 2.77 bits per heavy atom. The zero-order valence-corrected chi connectivity index (χ0v) is 13.9. The fourth-order valence-corrected chi connectivity index (χ4v) is 2.94. The Morgan fingerprint density at radius 1 is 1.36 bits per heavy atom. The van der Waals surface area contributed by atoms with Crippen LogP contribution in [-0.4, -0.2) is 35.2 Å². The molecule has 1 aromatic carbocycles. The molecule has 2 rings (SSSR count). The number of hydrogen-bond donors (Lipinski definition) is 2. The highest BCUT2D eigenvalue weighted by Crippen LogP contribution is 2.35. The second-order valence-electron chi connectivity index (χ2n) is 6.51. The number of aliphatic hydroxyl groups excluding tert-OH is 1. The van der Waals surface area contributed by atoms with E-state index in [0.717, 1.165) is 12.8 Å². The fraction of sp³-hybridized carbons (Fsp3) is 0.611. The molecule has 22 heavy (non-hydrogen) atoms. The highest BCUT2D eigenvalue weighted by Gasteiger charge is 2.31. The summed E-state index contributed by atoms with van der Waals surface area (Å²) in [7, 11) is 0. The van der Waals surface area contributed by atoms with Gasteiger partial charge in [-0.05, 0) is 43.2 Å². The molecule has 0 saturated carbocycles. The maximum absolute atomic E-state index is 12.7. The number of rotatable bonds is 6. The lowest BCUT2D eigenvalue weighted by Crippen LogP contribution is -2.47. The molecular weight excluding hydrogens is 276 g/mol. The van der Waals surface area contributed by atoms with Gasteiger partial charge in [0.1, 0.15) is 0 Å². The van der Waals surface area contributed by atoms with Crippen LogP contribution in [0.25, 0.3) is 0 Å². The first-order valence-electron chi connectivity index (χ1n) is 8.30. The number of aliphatic hydroxyl groups is 1. The molecule has 2 amide bonds. The standard InChI is InChI=1S/C18H28N2O2/c1-13(2)14(3)19-18(22)20(11-6-12-21)17-10-9-15-7-4-5-8-16(15)17/h4-5,7-8,13-14,17,21H,6,9-12H2,1-3H3,(H,19,22). The average molecular weight is 304 g/mol. The number of urea groups is 1. The number of nitrogens with zero attached hydrogens (tertiary/aromatic N) is 1. The van der Waals surface area contributed by atoms with E-state index in [-0.39, 0.29) is 24.7 Å². The molecule has 0 fully saturated rings. The van der Waals surface area contributed by atoms with Crippen molar-refractivity contribution in [2.45, 2.75) is 52.1 Å². The van der Waals surface area contributed by atoms with E-state index in [2.05, 4.69) is 37.4 Å². The molecule has 0 aromatic heterocycles. The van der Waals surface area contributed by atoms with Crippen molar-refractivity contribution >= 4 is 6.03 Å². The molecular formula is C18H28N2O2. The molecule has 2 atom stereocenters. The van der Waals surface area contributed by atoms with Crippen LogP contribution in [0.3, 0.4) is 0 Å². The van der Waals surface area contributed by atoms with Crippen LogP contribution in [0.4, 0.5) is 4.79 Å².